The largest absolute Gasteiger partial charge is 0.494 e. The third-order valence-corrected chi connectivity index (χ3v) is 6.72. The number of imidazole rings is 1. The Morgan fingerprint density at radius 1 is 0.848 bits per heavy atom. The molecule has 0 radical (unpaired) electrons. The first-order valence-corrected chi connectivity index (χ1v) is 11.5. The van der Waals surface area contributed by atoms with Crippen molar-refractivity contribution in [2.75, 3.05) is 6.61 Å². The van der Waals surface area contributed by atoms with Crippen molar-refractivity contribution >= 4 is 38.2 Å². The number of fused-ring (bicyclic) bond motifs is 4. The molecule has 2 aromatic heterocycles. The molecule has 0 unspecified atom stereocenters. The van der Waals surface area contributed by atoms with Crippen LogP contribution in [0.1, 0.15) is 18.1 Å². The third kappa shape index (κ3) is 2.98. The van der Waals surface area contributed by atoms with Gasteiger partial charge in [-0.25, -0.2) is 9.36 Å². The number of hydrogen-bond acceptors (Lipinski definition) is 2. The van der Waals surface area contributed by atoms with Gasteiger partial charge < -0.3 is 4.74 Å². The lowest BCUT2D eigenvalue weighted by molar-refractivity contribution is -0.617. The Morgan fingerprint density at radius 2 is 1.67 bits per heavy atom. The highest BCUT2D eigenvalue weighted by Crippen LogP contribution is 2.32. The van der Waals surface area contributed by atoms with E-state index in [1.54, 1.807) is 0 Å². The van der Waals surface area contributed by atoms with E-state index >= 15 is 0 Å². The number of aryl methyl sites for hydroxylation is 3. The first-order valence-electron chi connectivity index (χ1n) is 11.5. The zero-order valence-electron chi connectivity index (χ0n) is 18.8. The molecule has 0 fully saturated rings. The monoisotopic (exact) mass is 433 g/mol. The molecule has 6 rings (SSSR count). The molecule has 0 aliphatic carbocycles. The van der Waals surface area contributed by atoms with E-state index in [-0.39, 0.29) is 5.56 Å². The van der Waals surface area contributed by atoms with Crippen LogP contribution in [-0.4, -0.2) is 11.0 Å². The van der Waals surface area contributed by atoms with Crippen molar-refractivity contribution in [1.29, 1.82) is 0 Å². The number of aromatic nitrogens is 2. The average Bonchev–Trinajstić information content (AvgIpc) is 3.14. The first-order chi connectivity index (χ1) is 16.2. The Kier molecular flexibility index (Phi) is 4.54. The number of hydrogen-bond donors (Lipinski definition) is 0. The second-order valence-corrected chi connectivity index (χ2v) is 8.59. The second-order valence-electron chi connectivity index (χ2n) is 8.59. The van der Waals surface area contributed by atoms with E-state index in [0.29, 0.717) is 6.61 Å². The molecule has 2 heterocycles. The molecule has 0 aliphatic rings. The highest BCUT2D eigenvalue weighted by molar-refractivity contribution is 6.15. The highest BCUT2D eigenvalue weighted by atomic mass is 16.5. The summed E-state index contributed by atoms with van der Waals surface area (Å²) >= 11 is 0. The van der Waals surface area contributed by atoms with E-state index in [1.807, 2.05) is 54.8 Å². The molecule has 0 atom stereocenters. The average molecular weight is 434 g/mol. The van der Waals surface area contributed by atoms with Crippen molar-refractivity contribution < 1.29 is 9.30 Å². The molecule has 0 spiro atoms. The van der Waals surface area contributed by atoms with Crippen LogP contribution in [0.2, 0.25) is 0 Å². The summed E-state index contributed by atoms with van der Waals surface area (Å²) in [6, 6.07) is 27.1. The molecule has 0 N–H and O–H groups in total. The molecule has 4 heteroatoms. The van der Waals surface area contributed by atoms with E-state index in [9.17, 15) is 4.79 Å². The molecule has 162 valence electrons. The van der Waals surface area contributed by atoms with Crippen molar-refractivity contribution in [3.63, 3.8) is 0 Å². The SMILES string of the molecule is CCOc1ccc2c(c1)n1c(=O)c3cccc4c(CCc5ccccc5)ccc(c43)c1[n+]2C. The normalized spacial score (nSPS) is 11.8. The Balaban J connectivity index is 1.63. The molecule has 0 amide bonds. The van der Waals surface area contributed by atoms with E-state index < -0.39 is 0 Å². The molecule has 6 aromatic rings. The molecule has 33 heavy (non-hydrogen) atoms. The number of nitrogens with zero attached hydrogens (tertiary/aromatic N) is 2. The molecule has 0 aliphatic heterocycles. The van der Waals surface area contributed by atoms with Crippen molar-refractivity contribution in [3.05, 3.63) is 100 Å². The van der Waals surface area contributed by atoms with Crippen molar-refractivity contribution in [3.8, 4) is 5.75 Å². The van der Waals surface area contributed by atoms with Gasteiger partial charge in [-0.3, -0.25) is 0 Å². The standard InChI is InChI=1S/C29H25N2O2/c1-3-33-21-15-17-25-26(18-21)31-28(30(25)2)23-16-14-20(13-12-19-8-5-4-6-9-19)22-10-7-11-24(27(22)23)29(31)32/h4-11,14-18H,3,12-13H2,1-2H3/q+1. The summed E-state index contributed by atoms with van der Waals surface area (Å²) in [4.78, 5) is 13.8. The minimum Gasteiger partial charge on any atom is -0.494 e. The van der Waals surface area contributed by atoms with Gasteiger partial charge in [0, 0.05) is 11.5 Å². The predicted molar refractivity (Wildman–Crippen MR) is 134 cm³/mol. The van der Waals surface area contributed by atoms with Crippen LogP contribution in [0.5, 0.6) is 5.75 Å². The first kappa shape index (κ1) is 19.7. The fourth-order valence-corrected chi connectivity index (χ4v) is 5.20. The summed E-state index contributed by atoms with van der Waals surface area (Å²) in [7, 11) is 2.03. The minimum atomic E-state index is 0.0163. The smallest absolute Gasteiger partial charge is 0.347 e. The third-order valence-electron chi connectivity index (χ3n) is 6.72. The van der Waals surface area contributed by atoms with E-state index in [2.05, 4.69) is 47.0 Å². The van der Waals surface area contributed by atoms with Crippen molar-refractivity contribution in [1.82, 2.24) is 4.40 Å². The summed E-state index contributed by atoms with van der Waals surface area (Å²) in [6.07, 6.45) is 1.91. The summed E-state index contributed by atoms with van der Waals surface area (Å²) < 4.78 is 9.69. The zero-order valence-corrected chi connectivity index (χ0v) is 18.8. The summed E-state index contributed by atoms with van der Waals surface area (Å²) in [5.41, 5.74) is 5.42. The summed E-state index contributed by atoms with van der Waals surface area (Å²) in [5, 5.41) is 4.08. The van der Waals surface area contributed by atoms with Gasteiger partial charge in [0.1, 0.15) is 5.75 Å². The summed E-state index contributed by atoms with van der Waals surface area (Å²) in [5.74, 6) is 0.777. The lowest BCUT2D eigenvalue weighted by Gasteiger charge is -2.10. The highest BCUT2D eigenvalue weighted by Gasteiger charge is 2.25. The van der Waals surface area contributed by atoms with Crippen molar-refractivity contribution in [2.45, 2.75) is 19.8 Å². The van der Waals surface area contributed by atoms with Gasteiger partial charge in [0.05, 0.1) is 24.4 Å². The van der Waals surface area contributed by atoms with Gasteiger partial charge in [0.25, 0.3) is 5.65 Å². The van der Waals surface area contributed by atoms with E-state index in [1.165, 1.54) is 16.5 Å². The van der Waals surface area contributed by atoms with E-state index in [0.717, 1.165) is 51.4 Å². The Morgan fingerprint density at radius 3 is 2.48 bits per heavy atom. The van der Waals surface area contributed by atoms with Crippen molar-refractivity contribution in [2.24, 2.45) is 7.05 Å². The van der Waals surface area contributed by atoms with Crippen LogP contribution in [0.3, 0.4) is 0 Å². The van der Waals surface area contributed by atoms with Gasteiger partial charge in [0.2, 0.25) is 0 Å². The zero-order chi connectivity index (χ0) is 22.5. The Bertz CT molecular complexity index is 1700. The topological polar surface area (TPSA) is 34.6 Å². The maximum atomic E-state index is 13.8. The van der Waals surface area contributed by atoms with Gasteiger partial charge in [-0.05, 0) is 60.5 Å². The second kappa shape index (κ2) is 7.59. The van der Waals surface area contributed by atoms with Gasteiger partial charge in [-0.15, -0.1) is 0 Å². The number of ether oxygens (including phenoxy) is 1. The number of pyridine rings is 1. The van der Waals surface area contributed by atoms with Gasteiger partial charge in [-0.1, -0.05) is 48.5 Å². The number of benzene rings is 4. The van der Waals surface area contributed by atoms with Gasteiger partial charge in [-0.2, -0.15) is 4.40 Å². The Hall–Kier alpha value is -3.92. The molecule has 0 saturated heterocycles. The fraction of sp³-hybridized carbons (Fsp3) is 0.172. The molecule has 0 saturated carbocycles. The summed E-state index contributed by atoms with van der Waals surface area (Å²) in [6.45, 7) is 2.56. The molecule has 0 bridgehead atoms. The quantitative estimate of drug-likeness (QED) is 0.350. The van der Waals surface area contributed by atoms with E-state index in [4.69, 9.17) is 4.74 Å². The maximum absolute atomic E-state index is 13.8. The molecule has 4 nitrogen and oxygen atoms in total. The lowest BCUT2D eigenvalue weighted by Crippen LogP contribution is -2.29. The lowest BCUT2D eigenvalue weighted by atomic mass is 9.94. The van der Waals surface area contributed by atoms with Crippen LogP contribution in [-0.2, 0) is 19.9 Å². The minimum absolute atomic E-state index is 0.0163. The fourth-order valence-electron chi connectivity index (χ4n) is 5.20. The van der Waals surface area contributed by atoms with Crippen LogP contribution in [0.25, 0.3) is 38.2 Å². The van der Waals surface area contributed by atoms with Crippen LogP contribution in [0.4, 0.5) is 0 Å². The predicted octanol–water partition coefficient (Wildman–Crippen LogP) is 5.21. The van der Waals surface area contributed by atoms with Gasteiger partial charge in [0.15, 0.2) is 11.0 Å². The van der Waals surface area contributed by atoms with Gasteiger partial charge >= 0.3 is 5.56 Å². The van der Waals surface area contributed by atoms with Crippen LogP contribution < -0.4 is 14.9 Å². The molecular formula is C29H25N2O2+. The Labute approximate surface area is 191 Å². The van der Waals surface area contributed by atoms with Crippen LogP contribution >= 0.6 is 0 Å². The molecule has 4 aromatic carbocycles. The molecular weight excluding hydrogens is 408 g/mol. The maximum Gasteiger partial charge on any atom is 0.347 e. The number of rotatable bonds is 5. The van der Waals surface area contributed by atoms with Crippen LogP contribution in [0, 0.1) is 0 Å². The van der Waals surface area contributed by atoms with Crippen LogP contribution in [0.15, 0.2) is 83.7 Å².